The number of esters is 2. The molecular formula is C43H64Cl4N3O13Y3-3. The Labute approximate surface area is 486 Å². The Bertz CT molecular complexity index is 1620. The van der Waals surface area contributed by atoms with E-state index in [2.05, 4.69) is 18.2 Å². The number of aliphatic hydroxyl groups excluding tert-OH is 1. The van der Waals surface area contributed by atoms with Gasteiger partial charge >= 0.3 is 17.9 Å². The smallest absolute Gasteiger partial charge is 0.306 e. The Hall–Kier alpha value is -0.518. The number of nitrogens with one attached hydrogen (secondary N) is 1. The van der Waals surface area contributed by atoms with Gasteiger partial charge in [0.25, 0.3) is 0 Å². The number of rotatable bonds is 17. The van der Waals surface area contributed by atoms with Crippen LogP contribution in [0.5, 0.6) is 0 Å². The molecule has 0 aromatic rings. The zero-order chi connectivity index (χ0) is 49.3. The van der Waals surface area contributed by atoms with E-state index in [4.69, 9.17) is 66.1 Å². The number of nitrogens with zero attached hydrogens (tertiary/aromatic N) is 2. The van der Waals surface area contributed by atoms with Gasteiger partial charge < -0.3 is 49.2 Å². The normalized spacial score (nSPS) is 13.5. The van der Waals surface area contributed by atoms with Gasteiger partial charge in [-0.3, -0.25) is 28.8 Å². The molecule has 0 saturated carbocycles. The molecule has 0 aromatic heterocycles. The fourth-order valence-electron chi connectivity index (χ4n) is 4.80. The van der Waals surface area contributed by atoms with Crippen molar-refractivity contribution in [2.75, 3.05) is 30.4 Å². The van der Waals surface area contributed by atoms with Crippen molar-refractivity contribution in [3.63, 3.8) is 0 Å². The van der Waals surface area contributed by atoms with Crippen LogP contribution >= 0.6 is 46.4 Å². The van der Waals surface area contributed by atoms with Crippen LogP contribution in [0.1, 0.15) is 139 Å². The van der Waals surface area contributed by atoms with Gasteiger partial charge in [0.2, 0.25) is 0 Å². The molecule has 369 valence electrons. The molecule has 0 bridgehead atoms. The minimum Gasteiger partial charge on any atom is -0.481 e. The molecule has 0 aliphatic carbocycles. The van der Waals surface area contributed by atoms with Gasteiger partial charge in [0, 0.05) is 137 Å². The number of unbranched alkanes of at least 4 members (excludes halogenated alkanes) is 6. The number of carboxylic acid groups (broad SMARTS) is 1. The van der Waals surface area contributed by atoms with Gasteiger partial charge in [-0.1, -0.05) is 40.0 Å². The van der Waals surface area contributed by atoms with E-state index >= 15 is 0 Å². The fraction of sp³-hybridized carbons (Fsp3) is 0.651. The van der Waals surface area contributed by atoms with Crippen molar-refractivity contribution in [1.29, 1.82) is 0 Å². The topological polar surface area (TPSA) is 231 Å². The number of imide groups is 3. The zero-order valence-corrected chi connectivity index (χ0v) is 51.1. The van der Waals surface area contributed by atoms with Crippen molar-refractivity contribution in [3.8, 4) is 0 Å². The Kier molecular flexibility index (Phi) is 51.8. The second-order valence-corrected chi connectivity index (χ2v) is 17.1. The summed E-state index contributed by atoms with van der Waals surface area (Å²) in [5, 5.41) is 19.3. The first-order valence-electron chi connectivity index (χ1n) is 20.1. The number of carbonyl (C=O) groups is 9. The fourth-order valence-corrected chi connectivity index (χ4v) is 4.80. The number of aliphatic hydroxyl groups is 1. The molecule has 3 radical (unpaired) electrons. The van der Waals surface area contributed by atoms with E-state index < -0.39 is 17.5 Å². The van der Waals surface area contributed by atoms with Gasteiger partial charge in [-0.25, -0.2) is 0 Å². The molecule has 0 aromatic carbocycles. The van der Waals surface area contributed by atoms with Crippen LogP contribution in [-0.4, -0.2) is 115 Å². The SMILES string of the molecule is CC(C)(C)OC(=O)CCCCCO.CC1=[C-]C(=O)N(CCCCCC(=O)O)C1=O.CC1=[C-]C(=O)N(CCCCCC(=O)OC(C)(C)C)C1=O.CC1=[C-]C(=O)NC1=O.ClCCl.ClCCl.[Y].[Y].[Y]. The molecule has 3 rings (SSSR count). The maximum Gasteiger partial charge on any atom is 0.306 e. The average molecular weight is 1240 g/mol. The summed E-state index contributed by atoms with van der Waals surface area (Å²) in [6.45, 7) is 16.7. The van der Waals surface area contributed by atoms with Gasteiger partial charge in [-0.15, -0.1) is 46.4 Å². The van der Waals surface area contributed by atoms with E-state index in [-0.39, 0.29) is 169 Å². The number of alkyl halides is 4. The van der Waals surface area contributed by atoms with E-state index in [9.17, 15) is 43.2 Å². The second-order valence-electron chi connectivity index (χ2n) is 15.5. The first kappa shape index (κ1) is 77.0. The van der Waals surface area contributed by atoms with E-state index in [1.807, 2.05) is 46.9 Å². The second kappa shape index (κ2) is 44.4. The third-order valence-corrected chi connectivity index (χ3v) is 7.49. The molecule has 3 aliphatic rings. The van der Waals surface area contributed by atoms with Gasteiger partial charge in [0.05, 0.1) is 28.4 Å². The van der Waals surface area contributed by atoms with Gasteiger partial charge in [-0.2, -0.15) is 34.9 Å². The van der Waals surface area contributed by atoms with E-state index in [1.165, 1.54) is 4.90 Å². The number of amides is 6. The van der Waals surface area contributed by atoms with Crippen molar-refractivity contribution in [2.24, 2.45) is 0 Å². The Morgan fingerprint density at radius 3 is 1.12 bits per heavy atom. The molecule has 0 fully saturated rings. The maximum absolute atomic E-state index is 11.6. The Morgan fingerprint density at radius 2 is 0.894 bits per heavy atom. The van der Waals surface area contributed by atoms with E-state index in [0.29, 0.717) is 74.8 Å². The number of carboxylic acids is 1. The van der Waals surface area contributed by atoms with Crippen molar-refractivity contribution >= 4 is 99.8 Å². The summed E-state index contributed by atoms with van der Waals surface area (Å²) in [7, 11) is 0. The quantitative estimate of drug-likeness (QED) is 0.0445. The first-order valence-corrected chi connectivity index (χ1v) is 22.2. The van der Waals surface area contributed by atoms with Crippen LogP contribution in [0.25, 0.3) is 0 Å². The van der Waals surface area contributed by atoms with Gasteiger partial charge in [-0.05, 0) is 80.1 Å². The summed E-state index contributed by atoms with van der Waals surface area (Å²) in [6, 6.07) is 0. The van der Waals surface area contributed by atoms with E-state index in [0.717, 1.165) is 30.6 Å². The monoisotopic (exact) mass is 1240 g/mol. The molecule has 6 amide bonds. The Balaban J connectivity index is -0.000000177. The number of hydrogen-bond donors (Lipinski definition) is 3. The van der Waals surface area contributed by atoms with Crippen LogP contribution in [0.15, 0.2) is 16.7 Å². The molecule has 3 N–H and O–H groups in total. The standard InChI is InChI=1S/C15H22NO4.C11H14NO4.C10H20O3.C5H4NO2.2CH2Cl2.3Y/c1-11-10-12(17)16(14(11)19)9-7-5-6-8-13(18)20-15(2,3)4;1-8-7-9(13)12(11(8)16)6-4-2-3-5-10(14)15;1-10(2,3)13-9(12)7-5-4-6-8-11;1-3-2-4(7)6-5(3)8;2*2-1-3;;;/h5-9H2,1-4H3;2-6H2,1H3,(H,14,15);11H,4-8H2,1-3H3;1H3,(H,6,7,8);2*1H2;;;/q2*-1;;-1;;;;;. The van der Waals surface area contributed by atoms with Crippen molar-refractivity contribution in [3.05, 3.63) is 34.9 Å². The molecule has 0 atom stereocenters. The average Bonchev–Trinajstić information content (AvgIpc) is 3.68. The van der Waals surface area contributed by atoms with Crippen LogP contribution in [-0.2, 0) is 151 Å². The van der Waals surface area contributed by atoms with Crippen molar-refractivity contribution in [2.45, 2.75) is 151 Å². The summed E-state index contributed by atoms with van der Waals surface area (Å²) in [5.41, 5.74) is 0.229. The zero-order valence-electron chi connectivity index (χ0n) is 39.5. The number of ether oxygens (including phenoxy) is 2. The molecule has 23 heteroatoms. The predicted molar refractivity (Wildman–Crippen MR) is 239 cm³/mol. The summed E-state index contributed by atoms with van der Waals surface area (Å²) in [6.07, 6.45) is 14.7. The van der Waals surface area contributed by atoms with E-state index in [1.54, 1.807) is 20.8 Å². The molecular weight excluding hydrogens is 1180 g/mol. The summed E-state index contributed by atoms with van der Waals surface area (Å²) in [5.74, 6) is -3.26. The molecule has 0 spiro atoms. The van der Waals surface area contributed by atoms with Gasteiger partial charge in [0.15, 0.2) is 0 Å². The predicted octanol–water partition coefficient (Wildman–Crippen LogP) is 6.87. The van der Waals surface area contributed by atoms with Crippen LogP contribution < -0.4 is 5.32 Å². The third-order valence-electron chi connectivity index (χ3n) is 7.49. The Morgan fingerprint density at radius 1 is 0.561 bits per heavy atom. The maximum atomic E-state index is 11.6. The van der Waals surface area contributed by atoms with Crippen LogP contribution in [0.3, 0.4) is 0 Å². The van der Waals surface area contributed by atoms with Crippen molar-refractivity contribution in [1.82, 2.24) is 15.1 Å². The number of halogens is 4. The first-order chi connectivity index (χ1) is 29.2. The van der Waals surface area contributed by atoms with Crippen LogP contribution in [0.4, 0.5) is 0 Å². The van der Waals surface area contributed by atoms with Crippen LogP contribution in [0.2, 0.25) is 0 Å². The molecule has 3 heterocycles. The third kappa shape index (κ3) is 43.5. The van der Waals surface area contributed by atoms with Gasteiger partial charge in [0.1, 0.15) is 28.9 Å². The van der Waals surface area contributed by atoms with Crippen molar-refractivity contribution < 1.29 is 161 Å². The molecule has 3 aliphatic heterocycles. The number of carbonyl (C=O) groups excluding carboxylic acids is 8. The minimum absolute atomic E-state index is 0. The largest absolute Gasteiger partial charge is 0.481 e. The summed E-state index contributed by atoms with van der Waals surface area (Å²) in [4.78, 5) is 101. The van der Waals surface area contributed by atoms with Crippen LogP contribution in [0, 0.1) is 18.2 Å². The number of hydrogen-bond acceptors (Lipinski definition) is 12. The summed E-state index contributed by atoms with van der Waals surface area (Å²) >= 11 is 19.1. The molecule has 16 nitrogen and oxygen atoms in total. The molecule has 0 unspecified atom stereocenters. The molecule has 66 heavy (non-hydrogen) atoms. The molecule has 0 saturated heterocycles. The minimum atomic E-state index is -0.820. The summed E-state index contributed by atoms with van der Waals surface area (Å²) < 4.78 is 10.3. The number of aliphatic carboxylic acids is 1.